The molecule has 0 spiro atoms. The van der Waals surface area contributed by atoms with Gasteiger partial charge in [0.2, 0.25) is 6.79 Å². The summed E-state index contributed by atoms with van der Waals surface area (Å²) in [4.78, 5) is 12.2. The smallest absolute Gasteiger partial charge is 0.257 e. The zero-order valence-electron chi connectivity index (χ0n) is 15.4. The Morgan fingerprint density at radius 1 is 0.929 bits per heavy atom. The van der Waals surface area contributed by atoms with E-state index < -0.39 is 0 Å². The number of para-hydroxylation sites is 1. The standard InChI is InChI=1S/C23H21NO4/c25-23(24-13-12-17-10-11-21-22(14-17)28-16-27-21)15-26-20-9-5-4-8-19(20)18-6-2-1-3-7-18/h1-11,14H,12-13,15-16H2,(H,24,25). The lowest BCUT2D eigenvalue weighted by atomic mass is 10.1. The van der Waals surface area contributed by atoms with Crippen molar-refractivity contribution in [3.63, 3.8) is 0 Å². The van der Waals surface area contributed by atoms with Crippen molar-refractivity contribution in [3.8, 4) is 28.4 Å². The predicted molar refractivity (Wildman–Crippen MR) is 107 cm³/mol. The summed E-state index contributed by atoms with van der Waals surface area (Å²) in [6.45, 7) is 0.768. The van der Waals surface area contributed by atoms with Crippen LogP contribution in [0.1, 0.15) is 5.56 Å². The van der Waals surface area contributed by atoms with Crippen LogP contribution in [0.5, 0.6) is 17.2 Å². The minimum atomic E-state index is -0.149. The van der Waals surface area contributed by atoms with Crippen LogP contribution in [-0.4, -0.2) is 25.9 Å². The number of hydrogen-bond donors (Lipinski definition) is 1. The molecule has 3 aromatic carbocycles. The van der Waals surface area contributed by atoms with E-state index in [1.54, 1.807) is 0 Å². The first-order valence-corrected chi connectivity index (χ1v) is 9.22. The monoisotopic (exact) mass is 375 g/mol. The molecule has 4 rings (SSSR count). The van der Waals surface area contributed by atoms with Crippen LogP contribution >= 0.6 is 0 Å². The Labute approximate surface area is 163 Å². The van der Waals surface area contributed by atoms with Gasteiger partial charge in [-0.05, 0) is 35.7 Å². The third-order valence-corrected chi connectivity index (χ3v) is 4.50. The molecule has 28 heavy (non-hydrogen) atoms. The van der Waals surface area contributed by atoms with Crippen LogP contribution in [0.3, 0.4) is 0 Å². The number of carbonyl (C=O) groups excluding carboxylic acids is 1. The van der Waals surface area contributed by atoms with Crippen LogP contribution in [0.2, 0.25) is 0 Å². The maximum Gasteiger partial charge on any atom is 0.257 e. The van der Waals surface area contributed by atoms with Gasteiger partial charge in [0, 0.05) is 12.1 Å². The number of fused-ring (bicyclic) bond motifs is 1. The van der Waals surface area contributed by atoms with E-state index in [1.807, 2.05) is 72.8 Å². The summed E-state index contributed by atoms with van der Waals surface area (Å²) in [5.41, 5.74) is 3.11. The molecule has 0 aliphatic carbocycles. The van der Waals surface area contributed by atoms with E-state index in [1.165, 1.54) is 0 Å². The number of carbonyl (C=O) groups is 1. The third kappa shape index (κ3) is 4.26. The van der Waals surface area contributed by atoms with Crippen LogP contribution in [0.25, 0.3) is 11.1 Å². The lowest BCUT2D eigenvalue weighted by Gasteiger charge is -2.12. The molecule has 0 radical (unpaired) electrons. The van der Waals surface area contributed by atoms with Gasteiger partial charge in [-0.3, -0.25) is 4.79 Å². The van der Waals surface area contributed by atoms with Crippen molar-refractivity contribution in [1.82, 2.24) is 5.32 Å². The lowest BCUT2D eigenvalue weighted by molar-refractivity contribution is -0.123. The third-order valence-electron chi connectivity index (χ3n) is 4.50. The molecule has 0 fully saturated rings. The van der Waals surface area contributed by atoms with Crippen molar-refractivity contribution in [2.75, 3.05) is 19.9 Å². The van der Waals surface area contributed by atoms with E-state index in [4.69, 9.17) is 14.2 Å². The fraction of sp³-hybridized carbons (Fsp3) is 0.174. The van der Waals surface area contributed by atoms with Gasteiger partial charge >= 0.3 is 0 Å². The van der Waals surface area contributed by atoms with Gasteiger partial charge in [-0.2, -0.15) is 0 Å². The zero-order chi connectivity index (χ0) is 19.2. The van der Waals surface area contributed by atoms with E-state index in [-0.39, 0.29) is 19.3 Å². The molecule has 1 aliphatic rings. The summed E-state index contributed by atoms with van der Waals surface area (Å²) in [5, 5.41) is 2.89. The topological polar surface area (TPSA) is 56.8 Å². The number of amides is 1. The van der Waals surface area contributed by atoms with Crippen LogP contribution in [0.4, 0.5) is 0 Å². The number of ether oxygens (including phenoxy) is 3. The first-order chi connectivity index (χ1) is 13.8. The van der Waals surface area contributed by atoms with Crippen LogP contribution in [0, 0.1) is 0 Å². The summed E-state index contributed by atoms with van der Waals surface area (Å²) in [6.07, 6.45) is 0.711. The summed E-state index contributed by atoms with van der Waals surface area (Å²) < 4.78 is 16.4. The van der Waals surface area contributed by atoms with Gasteiger partial charge in [0.1, 0.15) is 5.75 Å². The first-order valence-electron chi connectivity index (χ1n) is 9.22. The lowest BCUT2D eigenvalue weighted by Crippen LogP contribution is -2.30. The molecule has 1 amide bonds. The average Bonchev–Trinajstić information content (AvgIpc) is 3.21. The van der Waals surface area contributed by atoms with E-state index in [0.29, 0.717) is 18.7 Å². The Kier molecular flexibility index (Phi) is 5.43. The normalized spacial score (nSPS) is 11.9. The predicted octanol–water partition coefficient (Wildman–Crippen LogP) is 3.82. The van der Waals surface area contributed by atoms with Crippen LogP contribution < -0.4 is 19.5 Å². The highest BCUT2D eigenvalue weighted by molar-refractivity contribution is 5.78. The molecule has 1 aliphatic heterocycles. The molecule has 0 bridgehead atoms. The van der Waals surface area contributed by atoms with Crippen molar-refractivity contribution in [2.24, 2.45) is 0 Å². The Balaban J connectivity index is 1.28. The SMILES string of the molecule is O=C(COc1ccccc1-c1ccccc1)NCCc1ccc2c(c1)OCO2. The molecule has 142 valence electrons. The second-order valence-corrected chi connectivity index (χ2v) is 6.44. The minimum absolute atomic E-state index is 0.0228. The highest BCUT2D eigenvalue weighted by atomic mass is 16.7. The maximum atomic E-state index is 12.2. The van der Waals surface area contributed by atoms with E-state index >= 15 is 0 Å². The minimum Gasteiger partial charge on any atom is -0.483 e. The Bertz CT molecular complexity index is 956. The van der Waals surface area contributed by atoms with Gasteiger partial charge < -0.3 is 19.5 Å². The molecule has 1 N–H and O–H groups in total. The largest absolute Gasteiger partial charge is 0.483 e. The van der Waals surface area contributed by atoms with Gasteiger partial charge in [0.05, 0.1) is 0 Å². The molecule has 0 saturated heterocycles. The van der Waals surface area contributed by atoms with E-state index in [9.17, 15) is 4.79 Å². The molecule has 0 atom stereocenters. The van der Waals surface area contributed by atoms with Gasteiger partial charge in [0.15, 0.2) is 18.1 Å². The summed E-state index contributed by atoms with van der Waals surface area (Å²) in [7, 11) is 0. The second-order valence-electron chi connectivity index (χ2n) is 6.44. The Morgan fingerprint density at radius 2 is 1.71 bits per heavy atom. The molecule has 5 heteroatoms. The fourth-order valence-electron chi connectivity index (χ4n) is 3.09. The molecule has 3 aromatic rings. The number of benzene rings is 3. The fourth-order valence-corrected chi connectivity index (χ4v) is 3.09. The molecular formula is C23H21NO4. The summed E-state index contributed by atoms with van der Waals surface area (Å²) in [6, 6.07) is 23.5. The summed E-state index contributed by atoms with van der Waals surface area (Å²) >= 11 is 0. The maximum absolute atomic E-state index is 12.2. The molecular weight excluding hydrogens is 354 g/mol. The number of hydrogen-bond acceptors (Lipinski definition) is 4. The van der Waals surface area contributed by atoms with E-state index in [2.05, 4.69) is 5.32 Å². The quantitative estimate of drug-likeness (QED) is 0.682. The molecule has 1 heterocycles. The highest BCUT2D eigenvalue weighted by Crippen LogP contribution is 2.32. The second kappa shape index (κ2) is 8.48. The van der Waals surface area contributed by atoms with Crippen LogP contribution in [-0.2, 0) is 11.2 Å². The van der Waals surface area contributed by atoms with E-state index in [0.717, 1.165) is 28.2 Å². The van der Waals surface area contributed by atoms with Crippen molar-refractivity contribution >= 4 is 5.91 Å². The van der Waals surface area contributed by atoms with Gasteiger partial charge in [-0.15, -0.1) is 0 Å². The number of rotatable bonds is 7. The first kappa shape index (κ1) is 17.9. The highest BCUT2D eigenvalue weighted by Gasteiger charge is 2.13. The summed E-state index contributed by atoms with van der Waals surface area (Å²) in [5.74, 6) is 2.06. The average molecular weight is 375 g/mol. The van der Waals surface area contributed by atoms with Crippen molar-refractivity contribution in [3.05, 3.63) is 78.4 Å². The van der Waals surface area contributed by atoms with Crippen molar-refractivity contribution in [2.45, 2.75) is 6.42 Å². The van der Waals surface area contributed by atoms with Gasteiger partial charge in [-0.1, -0.05) is 54.6 Å². The zero-order valence-corrected chi connectivity index (χ0v) is 15.4. The number of nitrogens with one attached hydrogen (secondary N) is 1. The molecule has 0 saturated carbocycles. The van der Waals surface area contributed by atoms with Gasteiger partial charge in [0.25, 0.3) is 5.91 Å². The van der Waals surface area contributed by atoms with Crippen LogP contribution in [0.15, 0.2) is 72.8 Å². The van der Waals surface area contributed by atoms with Crippen molar-refractivity contribution < 1.29 is 19.0 Å². The Morgan fingerprint density at radius 3 is 2.61 bits per heavy atom. The molecule has 5 nitrogen and oxygen atoms in total. The molecule has 0 unspecified atom stereocenters. The Hall–Kier alpha value is -3.47. The van der Waals surface area contributed by atoms with Crippen molar-refractivity contribution in [1.29, 1.82) is 0 Å². The van der Waals surface area contributed by atoms with Gasteiger partial charge in [-0.25, -0.2) is 0 Å². The molecule has 0 aromatic heterocycles.